The van der Waals surface area contributed by atoms with Gasteiger partial charge >= 0.3 is 0 Å². The Morgan fingerprint density at radius 2 is 1.75 bits per heavy atom. The second-order valence-corrected chi connectivity index (χ2v) is 8.62. The molecule has 0 bridgehead atoms. The van der Waals surface area contributed by atoms with Crippen LogP contribution in [0.2, 0.25) is 0 Å². The molecule has 0 spiro atoms. The van der Waals surface area contributed by atoms with Crippen LogP contribution in [0.3, 0.4) is 0 Å². The number of sulfone groups is 1. The third kappa shape index (κ3) is 7.07. The van der Waals surface area contributed by atoms with Crippen molar-refractivity contribution in [2.24, 2.45) is 11.8 Å². The van der Waals surface area contributed by atoms with Crippen LogP contribution in [0.5, 0.6) is 0 Å². The molecule has 1 saturated heterocycles. The van der Waals surface area contributed by atoms with E-state index in [-0.39, 0.29) is 0 Å². The number of hydrogen-bond donors (Lipinski definition) is 1. The monoisotopic (exact) mass is 303 g/mol. The molecule has 2 unspecified atom stereocenters. The molecule has 120 valence electrons. The first kappa shape index (κ1) is 18.0. The standard InChI is InChI=1S/C16H33NO2S/c1-3-4-5-6-7-8-9-10-15(13-17-2)16-11-12-20(18,19)14-16/h15-17H,3-14H2,1-2H3. The molecule has 0 aromatic heterocycles. The fourth-order valence-electron chi connectivity index (χ4n) is 3.33. The van der Waals surface area contributed by atoms with Crippen LogP contribution in [0.15, 0.2) is 0 Å². The van der Waals surface area contributed by atoms with Crippen molar-refractivity contribution in [2.75, 3.05) is 25.1 Å². The maximum atomic E-state index is 11.6. The van der Waals surface area contributed by atoms with E-state index >= 15 is 0 Å². The van der Waals surface area contributed by atoms with Crippen molar-refractivity contribution >= 4 is 9.84 Å². The van der Waals surface area contributed by atoms with E-state index in [1.165, 1.54) is 51.4 Å². The van der Waals surface area contributed by atoms with Gasteiger partial charge in [0.25, 0.3) is 0 Å². The van der Waals surface area contributed by atoms with E-state index in [1.54, 1.807) is 0 Å². The minimum Gasteiger partial charge on any atom is -0.319 e. The second-order valence-electron chi connectivity index (χ2n) is 6.39. The van der Waals surface area contributed by atoms with Crippen LogP contribution in [0.1, 0.15) is 64.7 Å². The average molecular weight is 304 g/mol. The Kier molecular flexibility index (Phi) is 8.78. The van der Waals surface area contributed by atoms with E-state index in [9.17, 15) is 8.42 Å². The Hall–Kier alpha value is -0.0900. The van der Waals surface area contributed by atoms with Crippen molar-refractivity contribution in [3.63, 3.8) is 0 Å². The predicted octanol–water partition coefficient (Wildman–Crippen LogP) is 3.40. The van der Waals surface area contributed by atoms with Gasteiger partial charge in [-0.3, -0.25) is 0 Å². The number of hydrogen-bond acceptors (Lipinski definition) is 3. The van der Waals surface area contributed by atoms with Crippen molar-refractivity contribution in [3.8, 4) is 0 Å². The van der Waals surface area contributed by atoms with Crippen molar-refractivity contribution in [1.29, 1.82) is 0 Å². The quantitative estimate of drug-likeness (QED) is 0.595. The summed E-state index contributed by atoms with van der Waals surface area (Å²) >= 11 is 0. The summed E-state index contributed by atoms with van der Waals surface area (Å²) in [5, 5.41) is 3.25. The third-order valence-electron chi connectivity index (χ3n) is 4.58. The molecular weight excluding hydrogens is 270 g/mol. The lowest BCUT2D eigenvalue weighted by atomic mass is 9.87. The van der Waals surface area contributed by atoms with Gasteiger partial charge in [-0.1, -0.05) is 51.9 Å². The van der Waals surface area contributed by atoms with Crippen LogP contribution in [0.25, 0.3) is 0 Å². The van der Waals surface area contributed by atoms with Gasteiger partial charge in [-0.2, -0.15) is 0 Å². The molecule has 3 nitrogen and oxygen atoms in total. The van der Waals surface area contributed by atoms with E-state index < -0.39 is 9.84 Å². The van der Waals surface area contributed by atoms with Crippen LogP contribution in [0.4, 0.5) is 0 Å². The first-order valence-electron chi connectivity index (χ1n) is 8.44. The summed E-state index contributed by atoms with van der Waals surface area (Å²) in [6.45, 7) is 3.22. The van der Waals surface area contributed by atoms with Gasteiger partial charge in [0, 0.05) is 0 Å². The number of rotatable bonds is 11. The fourth-order valence-corrected chi connectivity index (χ4v) is 5.25. The maximum absolute atomic E-state index is 11.6. The zero-order valence-corrected chi connectivity index (χ0v) is 14.2. The minimum atomic E-state index is -2.73. The van der Waals surface area contributed by atoms with E-state index in [2.05, 4.69) is 12.2 Å². The van der Waals surface area contributed by atoms with Crippen molar-refractivity contribution in [1.82, 2.24) is 5.32 Å². The summed E-state index contributed by atoms with van der Waals surface area (Å²) in [7, 11) is -0.759. The summed E-state index contributed by atoms with van der Waals surface area (Å²) in [5.41, 5.74) is 0. The van der Waals surface area contributed by atoms with Gasteiger partial charge in [-0.15, -0.1) is 0 Å². The van der Waals surface area contributed by atoms with Crippen LogP contribution in [-0.4, -0.2) is 33.5 Å². The summed E-state index contributed by atoms with van der Waals surface area (Å²) in [6, 6.07) is 0. The fraction of sp³-hybridized carbons (Fsp3) is 1.00. The zero-order valence-electron chi connectivity index (χ0n) is 13.4. The van der Waals surface area contributed by atoms with Gasteiger partial charge in [0.1, 0.15) is 0 Å². The Morgan fingerprint density at radius 1 is 1.10 bits per heavy atom. The molecule has 2 atom stereocenters. The molecule has 1 aliphatic heterocycles. The third-order valence-corrected chi connectivity index (χ3v) is 6.37. The molecule has 1 rings (SSSR count). The van der Waals surface area contributed by atoms with Gasteiger partial charge < -0.3 is 5.32 Å². The lowest BCUT2D eigenvalue weighted by molar-refractivity contribution is 0.321. The Labute approximate surface area is 125 Å². The Morgan fingerprint density at radius 3 is 2.30 bits per heavy atom. The molecule has 1 N–H and O–H groups in total. The molecule has 0 aromatic carbocycles. The second kappa shape index (κ2) is 9.78. The molecule has 0 amide bonds. The first-order chi connectivity index (χ1) is 9.59. The highest BCUT2D eigenvalue weighted by atomic mass is 32.2. The van der Waals surface area contributed by atoms with Crippen molar-refractivity contribution in [2.45, 2.75) is 64.7 Å². The van der Waals surface area contributed by atoms with Crippen LogP contribution in [-0.2, 0) is 9.84 Å². The molecule has 0 aliphatic carbocycles. The average Bonchev–Trinajstić information content (AvgIpc) is 2.77. The van der Waals surface area contributed by atoms with Gasteiger partial charge in [0.05, 0.1) is 11.5 Å². The normalized spacial score (nSPS) is 23.0. The van der Waals surface area contributed by atoms with Crippen LogP contribution < -0.4 is 5.32 Å². The summed E-state index contributed by atoms with van der Waals surface area (Å²) in [4.78, 5) is 0. The summed E-state index contributed by atoms with van der Waals surface area (Å²) in [6.07, 6.45) is 11.4. The van der Waals surface area contributed by atoms with Gasteiger partial charge in [0.2, 0.25) is 0 Å². The number of unbranched alkanes of at least 4 members (excludes halogenated alkanes) is 6. The van der Waals surface area contributed by atoms with Gasteiger partial charge in [-0.25, -0.2) is 8.42 Å². The topological polar surface area (TPSA) is 46.2 Å². The molecule has 0 aromatic rings. The molecule has 4 heteroatoms. The first-order valence-corrected chi connectivity index (χ1v) is 10.3. The lowest BCUT2D eigenvalue weighted by Gasteiger charge is -2.22. The Balaban J connectivity index is 2.19. The van der Waals surface area contributed by atoms with Gasteiger partial charge in [0.15, 0.2) is 9.84 Å². The van der Waals surface area contributed by atoms with E-state index in [1.807, 2.05) is 7.05 Å². The van der Waals surface area contributed by atoms with Crippen LogP contribution in [0, 0.1) is 11.8 Å². The number of nitrogens with one attached hydrogen (secondary N) is 1. The van der Waals surface area contributed by atoms with Crippen molar-refractivity contribution < 1.29 is 8.42 Å². The molecule has 0 saturated carbocycles. The lowest BCUT2D eigenvalue weighted by Crippen LogP contribution is -2.26. The van der Waals surface area contributed by atoms with E-state index in [0.29, 0.717) is 23.3 Å². The smallest absolute Gasteiger partial charge is 0.150 e. The predicted molar refractivity (Wildman–Crippen MR) is 86.8 cm³/mol. The molecule has 0 radical (unpaired) electrons. The highest BCUT2D eigenvalue weighted by molar-refractivity contribution is 7.91. The molecule has 1 heterocycles. The highest BCUT2D eigenvalue weighted by Gasteiger charge is 2.32. The zero-order chi connectivity index (χ0) is 14.8. The Bertz CT molecular complexity index is 340. The minimum absolute atomic E-state index is 0.396. The highest BCUT2D eigenvalue weighted by Crippen LogP contribution is 2.29. The van der Waals surface area contributed by atoms with Gasteiger partial charge in [-0.05, 0) is 38.3 Å². The van der Waals surface area contributed by atoms with Crippen LogP contribution >= 0.6 is 0 Å². The summed E-state index contributed by atoms with van der Waals surface area (Å²) in [5.74, 6) is 1.78. The largest absolute Gasteiger partial charge is 0.319 e. The maximum Gasteiger partial charge on any atom is 0.150 e. The molecule has 20 heavy (non-hydrogen) atoms. The van der Waals surface area contributed by atoms with E-state index in [0.717, 1.165) is 13.0 Å². The molecule has 1 aliphatic rings. The van der Waals surface area contributed by atoms with Crippen molar-refractivity contribution in [3.05, 3.63) is 0 Å². The molecular formula is C16H33NO2S. The summed E-state index contributed by atoms with van der Waals surface area (Å²) < 4.78 is 23.2. The molecule has 1 fully saturated rings. The SMILES string of the molecule is CCCCCCCCCC(CNC)C1CCS(=O)(=O)C1. The van der Waals surface area contributed by atoms with E-state index in [4.69, 9.17) is 0 Å².